The summed E-state index contributed by atoms with van der Waals surface area (Å²) in [4.78, 5) is 6.58. The minimum absolute atomic E-state index is 0.0990. The molecule has 5 unspecified atom stereocenters. The summed E-state index contributed by atoms with van der Waals surface area (Å²) in [5.41, 5.74) is 4.31. The summed E-state index contributed by atoms with van der Waals surface area (Å²) in [5.74, 6) is 2.40. The van der Waals surface area contributed by atoms with Gasteiger partial charge >= 0.3 is 0 Å². The van der Waals surface area contributed by atoms with Crippen LogP contribution in [-0.2, 0) is 4.74 Å². The molecule has 6 rings (SSSR count). The number of aromatic nitrogens is 5. The third-order valence-electron chi connectivity index (χ3n) is 6.76. The first-order valence-electron chi connectivity index (χ1n) is 10.1. The fourth-order valence-electron chi connectivity index (χ4n) is 5.36. The van der Waals surface area contributed by atoms with Gasteiger partial charge in [0.25, 0.3) is 5.96 Å². The maximum absolute atomic E-state index is 6.48. The van der Waals surface area contributed by atoms with Crippen molar-refractivity contribution in [1.29, 1.82) is 0 Å². The van der Waals surface area contributed by atoms with Gasteiger partial charge in [-0.3, -0.25) is 14.9 Å². The molecular formula is C18H23ClN8O. The highest BCUT2D eigenvalue weighted by atomic mass is 35.5. The molecule has 1 N–H and O–H groups in total. The van der Waals surface area contributed by atoms with Crippen LogP contribution in [0.25, 0.3) is 0 Å². The molecule has 1 saturated carbocycles. The van der Waals surface area contributed by atoms with Gasteiger partial charge in [0.1, 0.15) is 12.0 Å². The predicted molar refractivity (Wildman–Crippen MR) is 103 cm³/mol. The summed E-state index contributed by atoms with van der Waals surface area (Å²) in [6.45, 7) is 2.87. The van der Waals surface area contributed by atoms with Crippen molar-refractivity contribution >= 4 is 23.4 Å². The van der Waals surface area contributed by atoms with Gasteiger partial charge < -0.3 is 4.74 Å². The second-order valence-corrected chi connectivity index (χ2v) is 8.52. The number of nitrogens with one attached hydrogen (secondary N) is 1. The molecule has 2 aromatic rings. The number of imidazole rings is 1. The fraction of sp³-hybridized carbons (Fsp3) is 0.667. The zero-order valence-corrected chi connectivity index (χ0v) is 16.5. The summed E-state index contributed by atoms with van der Waals surface area (Å²) >= 11 is 6.48. The van der Waals surface area contributed by atoms with E-state index in [4.69, 9.17) is 16.3 Å². The van der Waals surface area contributed by atoms with Gasteiger partial charge in [0.2, 0.25) is 5.28 Å². The van der Waals surface area contributed by atoms with Gasteiger partial charge in [0, 0.05) is 24.5 Å². The molecule has 9 nitrogen and oxygen atoms in total. The Balaban J connectivity index is 1.38. The third-order valence-corrected chi connectivity index (χ3v) is 7.04. The van der Waals surface area contributed by atoms with E-state index in [0.29, 0.717) is 17.2 Å². The first-order valence-corrected chi connectivity index (χ1v) is 10.5. The number of ether oxygens (including phenoxy) is 1. The summed E-state index contributed by atoms with van der Waals surface area (Å²) in [7, 11) is 0. The van der Waals surface area contributed by atoms with E-state index < -0.39 is 0 Å². The SMILES string of the molecule is CC1OCCC1c1cn(C2=NNC3C4CCCCC4n4c(cnc4Cl)N23)nn1. The fourth-order valence-corrected chi connectivity index (χ4v) is 5.62. The molecule has 5 heterocycles. The molecule has 2 aromatic heterocycles. The minimum atomic E-state index is 0.0990. The molecule has 4 aliphatic rings. The Morgan fingerprint density at radius 3 is 3.00 bits per heavy atom. The summed E-state index contributed by atoms with van der Waals surface area (Å²) in [6, 6.07) is 0.366. The van der Waals surface area contributed by atoms with Crippen LogP contribution >= 0.6 is 11.6 Å². The van der Waals surface area contributed by atoms with Crippen molar-refractivity contribution in [1.82, 2.24) is 30.0 Å². The Kier molecular flexibility index (Phi) is 3.71. The van der Waals surface area contributed by atoms with E-state index in [1.807, 2.05) is 12.4 Å². The third kappa shape index (κ3) is 2.29. The van der Waals surface area contributed by atoms with Crippen molar-refractivity contribution in [2.24, 2.45) is 11.0 Å². The van der Waals surface area contributed by atoms with Gasteiger partial charge in [-0.15, -0.1) is 10.2 Å². The maximum Gasteiger partial charge on any atom is 0.252 e. The first kappa shape index (κ1) is 16.8. The zero-order valence-electron chi connectivity index (χ0n) is 15.7. The minimum Gasteiger partial charge on any atom is -0.378 e. The average molecular weight is 403 g/mol. The van der Waals surface area contributed by atoms with Crippen LogP contribution in [0.1, 0.15) is 56.7 Å². The van der Waals surface area contributed by atoms with Crippen molar-refractivity contribution < 1.29 is 4.74 Å². The summed E-state index contributed by atoms with van der Waals surface area (Å²) < 4.78 is 9.63. The molecule has 10 heteroatoms. The quantitative estimate of drug-likeness (QED) is 0.787. The number of hydrogen-bond acceptors (Lipinski definition) is 7. The molecule has 0 aromatic carbocycles. The standard InChI is InChI=1S/C18H23ClN8O/c1-10-11(6-7-28-10)13-9-25(24-21-13)18-23-22-16-12-4-2-3-5-14(12)26-15(27(16)18)8-20-17(26)19/h8-12,14,16,22H,2-7H2,1H3. The van der Waals surface area contributed by atoms with Crippen LogP contribution in [0.4, 0.5) is 5.82 Å². The normalized spacial score (nSPS) is 33.9. The van der Waals surface area contributed by atoms with Crippen molar-refractivity contribution in [2.45, 2.75) is 63.3 Å². The van der Waals surface area contributed by atoms with Gasteiger partial charge in [-0.05, 0) is 37.8 Å². The first-order chi connectivity index (χ1) is 13.7. The van der Waals surface area contributed by atoms with Gasteiger partial charge in [-0.2, -0.15) is 4.68 Å². The lowest BCUT2D eigenvalue weighted by Gasteiger charge is -2.45. The Morgan fingerprint density at radius 2 is 2.14 bits per heavy atom. The van der Waals surface area contributed by atoms with Crippen LogP contribution in [0.15, 0.2) is 17.5 Å². The number of anilines is 1. The number of halogens is 1. The predicted octanol–water partition coefficient (Wildman–Crippen LogP) is 2.32. The lowest BCUT2D eigenvalue weighted by atomic mass is 9.80. The lowest BCUT2D eigenvalue weighted by molar-refractivity contribution is 0.118. The number of nitrogens with zero attached hydrogens (tertiary/aromatic N) is 7. The van der Waals surface area contributed by atoms with Crippen LogP contribution in [0, 0.1) is 5.92 Å². The van der Waals surface area contributed by atoms with E-state index >= 15 is 0 Å². The Bertz CT molecular complexity index is 938. The molecule has 1 saturated heterocycles. The Morgan fingerprint density at radius 1 is 1.25 bits per heavy atom. The summed E-state index contributed by atoms with van der Waals surface area (Å²) in [6.07, 6.45) is 9.80. The zero-order chi connectivity index (χ0) is 18.8. The largest absolute Gasteiger partial charge is 0.378 e. The topological polar surface area (TPSA) is 85.4 Å². The molecule has 28 heavy (non-hydrogen) atoms. The molecular weight excluding hydrogens is 380 g/mol. The number of fused-ring (bicyclic) bond motifs is 6. The van der Waals surface area contributed by atoms with E-state index in [9.17, 15) is 0 Å². The average Bonchev–Trinajstić information content (AvgIpc) is 3.46. The van der Waals surface area contributed by atoms with E-state index in [-0.39, 0.29) is 18.2 Å². The van der Waals surface area contributed by atoms with Gasteiger partial charge in [0.15, 0.2) is 0 Å². The number of rotatable bonds is 1. The van der Waals surface area contributed by atoms with Gasteiger partial charge in [-0.1, -0.05) is 18.1 Å². The van der Waals surface area contributed by atoms with Crippen molar-refractivity contribution in [3.63, 3.8) is 0 Å². The van der Waals surface area contributed by atoms with Crippen LogP contribution in [0.3, 0.4) is 0 Å². The number of hydrogen-bond donors (Lipinski definition) is 1. The molecule has 1 aliphatic carbocycles. The highest BCUT2D eigenvalue weighted by Crippen LogP contribution is 2.46. The van der Waals surface area contributed by atoms with Crippen molar-refractivity contribution in [2.75, 3.05) is 11.5 Å². The molecule has 0 bridgehead atoms. The maximum atomic E-state index is 6.48. The second-order valence-electron chi connectivity index (χ2n) is 8.19. The van der Waals surface area contributed by atoms with Crippen LogP contribution < -0.4 is 10.3 Å². The highest BCUT2D eigenvalue weighted by molar-refractivity contribution is 6.28. The second kappa shape index (κ2) is 6.18. The molecule has 0 amide bonds. The van der Waals surface area contributed by atoms with E-state index in [0.717, 1.165) is 43.3 Å². The van der Waals surface area contributed by atoms with Crippen molar-refractivity contribution in [3.05, 3.63) is 23.4 Å². The molecule has 2 fully saturated rings. The molecule has 0 spiro atoms. The highest BCUT2D eigenvalue weighted by Gasteiger charge is 2.48. The molecule has 148 valence electrons. The Hall–Kier alpha value is -2.13. The van der Waals surface area contributed by atoms with E-state index in [2.05, 4.69) is 42.2 Å². The Labute approximate surface area is 167 Å². The lowest BCUT2D eigenvalue weighted by Crippen LogP contribution is -2.54. The van der Waals surface area contributed by atoms with E-state index in [1.54, 1.807) is 4.68 Å². The molecule has 5 atom stereocenters. The van der Waals surface area contributed by atoms with Gasteiger partial charge in [-0.25, -0.2) is 4.98 Å². The molecule has 0 radical (unpaired) electrons. The smallest absolute Gasteiger partial charge is 0.252 e. The van der Waals surface area contributed by atoms with E-state index in [1.165, 1.54) is 12.8 Å². The summed E-state index contributed by atoms with van der Waals surface area (Å²) in [5, 5.41) is 14.0. The van der Waals surface area contributed by atoms with Gasteiger partial charge in [0.05, 0.1) is 24.2 Å². The monoisotopic (exact) mass is 402 g/mol. The van der Waals surface area contributed by atoms with Crippen LogP contribution in [0.5, 0.6) is 0 Å². The van der Waals surface area contributed by atoms with Crippen molar-refractivity contribution in [3.8, 4) is 0 Å². The van der Waals surface area contributed by atoms with Crippen LogP contribution in [-0.4, -0.2) is 49.4 Å². The molecule has 3 aliphatic heterocycles. The number of hydrazone groups is 1. The van der Waals surface area contributed by atoms with Crippen LogP contribution in [0.2, 0.25) is 5.28 Å².